The maximum Gasteiger partial charge on any atom is 0.416 e. The fourth-order valence-corrected chi connectivity index (χ4v) is 4.32. The van der Waals surface area contributed by atoms with Gasteiger partial charge in [0.2, 0.25) is 5.88 Å². The number of alkyl halides is 3. The Kier molecular flexibility index (Phi) is 6.56. The summed E-state index contributed by atoms with van der Waals surface area (Å²) in [6.45, 7) is 0.617. The zero-order valence-corrected chi connectivity index (χ0v) is 19.4. The van der Waals surface area contributed by atoms with E-state index in [-0.39, 0.29) is 35.7 Å². The van der Waals surface area contributed by atoms with Crippen molar-refractivity contribution in [3.05, 3.63) is 54.2 Å². The fourth-order valence-electron chi connectivity index (χ4n) is 4.32. The highest BCUT2D eigenvalue weighted by atomic mass is 19.4. The Hall–Kier alpha value is -3.97. The molecule has 194 valence electrons. The predicted molar refractivity (Wildman–Crippen MR) is 127 cm³/mol. The number of anilines is 3. The molecule has 2 aromatic heterocycles. The predicted octanol–water partition coefficient (Wildman–Crippen LogP) is 2.92. The van der Waals surface area contributed by atoms with Crippen molar-refractivity contribution in [3.63, 3.8) is 0 Å². The molecule has 5 rings (SSSR count). The van der Waals surface area contributed by atoms with E-state index in [1.54, 1.807) is 18.2 Å². The van der Waals surface area contributed by atoms with Gasteiger partial charge < -0.3 is 19.8 Å². The van der Waals surface area contributed by atoms with Crippen molar-refractivity contribution < 1.29 is 32.9 Å². The van der Waals surface area contributed by atoms with Crippen molar-refractivity contribution in [1.82, 2.24) is 15.0 Å². The van der Waals surface area contributed by atoms with E-state index in [9.17, 15) is 23.1 Å². The number of carbonyl (C=O) groups is 1. The van der Waals surface area contributed by atoms with Gasteiger partial charge in [-0.2, -0.15) is 18.2 Å². The van der Waals surface area contributed by atoms with Crippen LogP contribution in [0.25, 0.3) is 11.4 Å². The summed E-state index contributed by atoms with van der Waals surface area (Å²) in [5, 5.41) is 21.1. The number of fused-ring (bicyclic) bond motifs is 4. The van der Waals surface area contributed by atoms with E-state index < -0.39 is 30.5 Å². The van der Waals surface area contributed by atoms with Gasteiger partial charge in [-0.3, -0.25) is 10.2 Å². The second kappa shape index (κ2) is 9.82. The van der Waals surface area contributed by atoms with Crippen LogP contribution in [0.5, 0.6) is 5.88 Å². The second-order valence-corrected chi connectivity index (χ2v) is 8.68. The number of amides is 2. The third kappa shape index (κ3) is 5.13. The monoisotopic (exact) mass is 516 g/mol. The Bertz CT molecular complexity index is 1310. The van der Waals surface area contributed by atoms with Crippen LogP contribution in [0.1, 0.15) is 12.0 Å². The Morgan fingerprint density at radius 1 is 1.22 bits per heavy atom. The highest BCUT2D eigenvalue weighted by Crippen LogP contribution is 2.40. The number of hydrogen-bond acceptors (Lipinski definition) is 8. The molecule has 2 bridgehead atoms. The number of nitrogens with zero attached hydrogens (tertiary/aromatic N) is 5. The standard InChI is InChI=1S/C24H23F3N6O4/c25-24(26,27)15-4-1-3-14(9-15)21-28-10-18-22(31-21)33(16-7-8-32(18)11-16)23(36)30-19-5-2-6-20(29-19)37-13-17(35)12-34/h1-6,9-10,16-17,34-35H,7-8,11-13H2,(H,29,30,36)/t16?,17-/m0/s1. The van der Waals surface area contributed by atoms with E-state index in [1.807, 2.05) is 4.90 Å². The van der Waals surface area contributed by atoms with Gasteiger partial charge >= 0.3 is 12.2 Å². The fraction of sp³-hybridized carbons (Fsp3) is 0.333. The molecule has 13 heteroatoms. The molecule has 1 aromatic carbocycles. The summed E-state index contributed by atoms with van der Waals surface area (Å²) in [7, 11) is 0. The molecule has 3 N–H and O–H groups in total. The molecule has 2 atom stereocenters. The molecular formula is C24H23F3N6O4. The molecular weight excluding hydrogens is 493 g/mol. The lowest BCUT2D eigenvalue weighted by atomic mass is 10.1. The average molecular weight is 516 g/mol. The van der Waals surface area contributed by atoms with Crippen LogP contribution in [0.2, 0.25) is 0 Å². The van der Waals surface area contributed by atoms with Crippen molar-refractivity contribution in [2.24, 2.45) is 0 Å². The first-order valence-electron chi connectivity index (χ1n) is 11.5. The van der Waals surface area contributed by atoms with E-state index in [0.717, 1.165) is 12.1 Å². The van der Waals surface area contributed by atoms with Crippen LogP contribution in [-0.4, -0.2) is 69.6 Å². The summed E-state index contributed by atoms with van der Waals surface area (Å²) in [6.07, 6.45) is -3.37. The zero-order chi connectivity index (χ0) is 26.2. The van der Waals surface area contributed by atoms with E-state index in [4.69, 9.17) is 9.84 Å². The van der Waals surface area contributed by atoms with Gasteiger partial charge in [0.25, 0.3) is 0 Å². The Morgan fingerprint density at radius 2 is 2.03 bits per heavy atom. The van der Waals surface area contributed by atoms with E-state index in [0.29, 0.717) is 31.0 Å². The molecule has 1 fully saturated rings. The average Bonchev–Trinajstić information content (AvgIpc) is 3.31. The largest absolute Gasteiger partial charge is 0.475 e. The third-order valence-corrected chi connectivity index (χ3v) is 6.11. The minimum atomic E-state index is -4.51. The smallest absolute Gasteiger partial charge is 0.416 e. The molecule has 2 amide bonds. The van der Waals surface area contributed by atoms with Gasteiger partial charge in [-0.1, -0.05) is 18.2 Å². The van der Waals surface area contributed by atoms with Crippen LogP contribution in [0, 0.1) is 0 Å². The van der Waals surface area contributed by atoms with Crippen LogP contribution in [0.4, 0.5) is 35.3 Å². The molecule has 3 aromatic rings. The number of aliphatic hydroxyl groups is 2. The number of carbonyl (C=O) groups excluding carboxylic acids is 1. The second-order valence-electron chi connectivity index (χ2n) is 8.68. The van der Waals surface area contributed by atoms with Crippen molar-refractivity contribution >= 4 is 23.4 Å². The van der Waals surface area contributed by atoms with E-state index in [1.165, 1.54) is 23.2 Å². The van der Waals surface area contributed by atoms with Gasteiger partial charge in [0, 0.05) is 24.7 Å². The van der Waals surface area contributed by atoms with Crippen LogP contribution in [0.3, 0.4) is 0 Å². The van der Waals surface area contributed by atoms with Crippen LogP contribution in [-0.2, 0) is 6.18 Å². The van der Waals surface area contributed by atoms with Crippen molar-refractivity contribution in [1.29, 1.82) is 0 Å². The van der Waals surface area contributed by atoms with Gasteiger partial charge in [0.1, 0.15) is 18.5 Å². The van der Waals surface area contributed by atoms with Gasteiger partial charge in [0.15, 0.2) is 11.6 Å². The first-order chi connectivity index (χ1) is 17.7. The summed E-state index contributed by atoms with van der Waals surface area (Å²) < 4.78 is 45.0. The number of urea groups is 1. The number of nitrogens with one attached hydrogen (secondary N) is 1. The number of rotatable bonds is 6. The van der Waals surface area contributed by atoms with Gasteiger partial charge in [-0.25, -0.2) is 14.8 Å². The maximum absolute atomic E-state index is 13.4. The Labute approximate surface area is 209 Å². The lowest BCUT2D eigenvalue weighted by molar-refractivity contribution is -0.137. The number of halogens is 3. The molecule has 4 heterocycles. The number of pyridine rings is 1. The highest BCUT2D eigenvalue weighted by Gasteiger charge is 2.41. The lowest BCUT2D eigenvalue weighted by Gasteiger charge is -2.35. The van der Waals surface area contributed by atoms with E-state index in [2.05, 4.69) is 20.3 Å². The van der Waals surface area contributed by atoms with Gasteiger partial charge in [-0.15, -0.1) is 0 Å². The molecule has 1 unspecified atom stereocenters. The van der Waals surface area contributed by atoms with Crippen molar-refractivity contribution in [2.75, 3.05) is 41.4 Å². The molecule has 2 aliphatic heterocycles. The molecule has 2 aliphatic rings. The highest BCUT2D eigenvalue weighted by molar-refractivity contribution is 6.04. The SMILES string of the molecule is O=C(Nc1cccc(OC[C@@H](O)CO)n1)N1c2nc(-c3cccc(C(F)(F)F)c3)ncc2N2CCC1C2. The summed E-state index contributed by atoms with van der Waals surface area (Å²) >= 11 is 0. The van der Waals surface area contributed by atoms with Crippen LogP contribution in [0.15, 0.2) is 48.7 Å². The molecule has 0 radical (unpaired) electrons. The number of ether oxygens (including phenoxy) is 1. The first kappa shape index (κ1) is 24.7. The van der Waals surface area contributed by atoms with Crippen molar-refractivity contribution in [3.8, 4) is 17.3 Å². The first-order valence-corrected chi connectivity index (χ1v) is 11.5. The maximum atomic E-state index is 13.4. The van der Waals surface area contributed by atoms with E-state index >= 15 is 0 Å². The number of hydrogen-bond donors (Lipinski definition) is 3. The molecule has 0 aliphatic carbocycles. The van der Waals surface area contributed by atoms with Crippen LogP contribution >= 0.6 is 0 Å². The van der Waals surface area contributed by atoms with Crippen LogP contribution < -0.4 is 19.9 Å². The summed E-state index contributed by atoms with van der Waals surface area (Å²) in [4.78, 5) is 29.9. The summed E-state index contributed by atoms with van der Waals surface area (Å²) in [6, 6.07) is 8.74. The molecule has 0 saturated carbocycles. The number of aliphatic hydroxyl groups excluding tert-OH is 2. The Balaban J connectivity index is 1.42. The molecule has 10 nitrogen and oxygen atoms in total. The molecule has 0 spiro atoms. The summed E-state index contributed by atoms with van der Waals surface area (Å²) in [5.74, 6) is 0.703. The minimum Gasteiger partial charge on any atom is -0.475 e. The van der Waals surface area contributed by atoms with Gasteiger partial charge in [0.05, 0.1) is 30.1 Å². The van der Waals surface area contributed by atoms with Gasteiger partial charge in [-0.05, 0) is 24.6 Å². The number of aromatic nitrogens is 3. The minimum absolute atomic E-state index is 0.0705. The molecule has 1 saturated heterocycles. The lowest BCUT2D eigenvalue weighted by Crippen LogP contribution is -2.48. The normalized spacial score (nSPS) is 17.4. The number of benzene rings is 1. The Morgan fingerprint density at radius 3 is 2.81 bits per heavy atom. The third-order valence-electron chi connectivity index (χ3n) is 6.11. The van der Waals surface area contributed by atoms with Crippen molar-refractivity contribution in [2.45, 2.75) is 24.7 Å². The zero-order valence-electron chi connectivity index (χ0n) is 19.4. The quantitative estimate of drug-likeness (QED) is 0.457. The summed E-state index contributed by atoms with van der Waals surface area (Å²) in [5.41, 5.74) is -0.0189. The topological polar surface area (TPSA) is 124 Å². The molecule has 37 heavy (non-hydrogen) atoms.